The van der Waals surface area contributed by atoms with Gasteiger partial charge in [0.25, 0.3) is 5.56 Å². The first-order valence-electron chi connectivity index (χ1n) is 6.77. The van der Waals surface area contributed by atoms with E-state index in [0.717, 1.165) is 11.0 Å². The molecule has 0 atom stereocenters. The molecule has 0 aliphatic heterocycles. The number of hydrogen-bond acceptors (Lipinski definition) is 3. The maximum Gasteiger partial charge on any atom is 0.331 e. The van der Waals surface area contributed by atoms with Crippen LogP contribution in [0, 0.1) is 0 Å². The number of rotatable bonds is 5. The second-order valence-corrected chi connectivity index (χ2v) is 4.63. The number of anilines is 1. The zero-order chi connectivity index (χ0) is 15.2. The van der Waals surface area contributed by atoms with E-state index < -0.39 is 17.2 Å². The highest BCUT2D eigenvalue weighted by molar-refractivity contribution is 5.90. The molecule has 0 fully saturated rings. The van der Waals surface area contributed by atoms with Crippen molar-refractivity contribution in [2.75, 3.05) is 5.32 Å². The van der Waals surface area contributed by atoms with Crippen LogP contribution in [-0.2, 0) is 17.9 Å². The van der Waals surface area contributed by atoms with E-state index in [2.05, 4.69) is 5.32 Å². The molecule has 21 heavy (non-hydrogen) atoms. The monoisotopic (exact) mass is 287 g/mol. The molecule has 0 aliphatic rings. The number of benzene rings is 1. The van der Waals surface area contributed by atoms with Gasteiger partial charge in [-0.05, 0) is 18.6 Å². The van der Waals surface area contributed by atoms with Gasteiger partial charge < -0.3 is 9.88 Å². The molecule has 0 radical (unpaired) electrons. The van der Waals surface area contributed by atoms with E-state index in [1.165, 1.54) is 16.8 Å². The fourth-order valence-electron chi connectivity index (χ4n) is 1.98. The molecule has 110 valence electrons. The topological polar surface area (TPSA) is 73.1 Å². The van der Waals surface area contributed by atoms with Gasteiger partial charge in [-0.2, -0.15) is 0 Å². The van der Waals surface area contributed by atoms with Gasteiger partial charge >= 0.3 is 5.69 Å². The van der Waals surface area contributed by atoms with Crippen LogP contribution in [0.25, 0.3) is 0 Å². The fourth-order valence-corrected chi connectivity index (χ4v) is 1.98. The first kappa shape index (κ1) is 14.8. The molecule has 1 aromatic heterocycles. The molecule has 2 rings (SSSR count). The Hall–Kier alpha value is -2.63. The zero-order valence-electron chi connectivity index (χ0n) is 11.8. The largest absolute Gasteiger partial charge is 0.331 e. The van der Waals surface area contributed by atoms with Crippen molar-refractivity contribution in [3.05, 3.63) is 63.4 Å². The van der Waals surface area contributed by atoms with Gasteiger partial charge in [0, 0.05) is 24.5 Å². The molecule has 2 aromatic rings. The molecule has 1 aromatic carbocycles. The average molecular weight is 287 g/mol. The first-order chi connectivity index (χ1) is 10.1. The third-order valence-electron chi connectivity index (χ3n) is 2.96. The van der Waals surface area contributed by atoms with Crippen LogP contribution in [-0.4, -0.2) is 15.0 Å². The van der Waals surface area contributed by atoms with Crippen molar-refractivity contribution < 1.29 is 4.79 Å². The van der Waals surface area contributed by atoms with E-state index in [9.17, 15) is 14.4 Å². The smallest absolute Gasteiger partial charge is 0.325 e. The number of nitrogens with zero attached hydrogens (tertiary/aromatic N) is 2. The van der Waals surface area contributed by atoms with Crippen molar-refractivity contribution in [1.82, 2.24) is 9.13 Å². The molecule has 0 bridgehead atoms. The van der Waals surface area contributed by atoms with Crippen LogP contribution in [0.4, 0.5) is 5.69 Å². The number of aryl methyl sites for hydroxylation is 1. The maximum atomic E-state index is 12.1. The van der Waals surface area contributed by atoms with E-state index in [4.69, 9.17) is 0 Å². The number of nitrogens with one attached hydrogen (secondary N) is 1. The van der Waals surface area contributed by atoms with Gasteiger partial charge in [-0.1, -0.05) is 25.1 Å². The van der Waals surface area contributed by atoms with Crippen molar-refractivity contribution in [2.45, 2.75) is 26.4 Å². The van der Waals surface area contributed by atoms with Gasteiger partial charge in [0.15, 0.2) is 0 Å². The van der Waals surface area contributed by atoms with E-state index >= 15 is 0 Å². The van der Waals surface area contributed by atoms with Crippen molar-refractivity contribution in [2.24, 2.45) is 0 Å². The van der Waals surface area contributed by atoms with Crippen molar-refractivity contribution >= 4 is 11.6 Å². The van der Waals surface area contributed by atoms with E-state index in [1.54, 1.807) is 24.3 Å². The predicted molar refractivity (Wildman–Crippen MR) is 80.3 cm³/mol. The van der Waals surface area contributed by atoms with Crippen molar-refractivity contribution in [1.29, 1.82) is 0 Å². The Morgan fingerprint density at radius 2 is 1.86 bits per heavy atom. The minimum absolute atomic E-state index is 0.295. The summed E-state index contributed by atoms with van der Waals surface area (Å²) in [7, 11) is 0. The molecule has 0 spiro atoms. The van der Waals surface area contributed by atoms with Crippen molar-refractivity contribution in [3.63, 3.8) is 0 Å². The maximum absolute atomic E-state index is 12.1. The Labute approximate surface area is 121 Å². The van der Waals surface area contributed by atoms with Crippen LogP contribution >= 0.6 is 0 Å². The van der Waals surface area contributed by atoms with E-state index in [0.29, 0.717) is 12.2 Å². The second-order valence-electron chi connectivity index (χ2n) is 4.63. The lowest BCUT2D eigenvalue weighted by Crippen LogP contribution is -2.41. The SMILES string of the molecule is CCCn1ccc(=O)n(CC(=O)Nc2ccccc2)c1=O. The van der Waals surface area contributed by atoms with E-state index in [1.807, 2.05) is 13.0 Å². The van der Waals surface area contributed by atoms with Crippen LogP contribution in [0.15, 0.2) is 52.2 Å². The number of carbonyl (C=O) groups excluding carboxylic acids is 1. The summed E-state index contributed by atoms with van der Waals surface area (Å²) in [6.07, 6.45) is 2.23. The van der Waals surface area contributed by atoms with Gasteiger partial charge in [-0.3, -0.25) is 14.2 Å². The van der Waals surface area contributed by atoms with Crippen molar-refractivity contribution in [3.8, 4) is 0 Å². The van der Waals surface area contributed by atoms with Crippen LogP contribution in [0.2, 0.25) is 0 Å². The lowest BCUT2D eigenvalue weighted by atomic mass is 10.3. The summed E-state index contributed by atoms with van der Waals surface area (Å²) in [6, 6.07) is 10.2. The van der Waals surface area contributed by atoms with Gasteiger partial charge in [0.1, 0.15) is 6.54 Å². The lowest BCUT2D eigenvalue weighted by molar-refractivity contribution is -0.116. The summed E-state index contributed by atoms with van der Waals surface area (Å²) in [5.74, 6) is -0.408. The molecule has 0 aliphatic carbocycles. The number of para-hydroxylation sites is 1. The minimum Gasteiger partial charge on any atom is -0.325 e. The number of carbonyl (C=O) groups is 1. The zero-order valence-corrected chi connectivity index (χ0v) is 11.8. The highest BCUT2D eigenvalue weighted by Gasteiger charge is 2.09. The van der Waals surface area contributed by atoms with Crippen LogP contribution in [0.5, 0.6) is 0 Å². The molecule has 0 saturated heterocycles. The predicted octanol–water partition coefficient (Wildman–Crippen LogP) is 1.06. The molecule has 1 heterocycles. The average Bonchev–Trinajstić information content (AvgIpc) is 2.48. The Kier molecular flexibility index (Phi) is 4.71. The lowest BCUT2D eigenvalue weighted by Gasteiger charge is -2.09. The fraction of sp³-hybridized carbons (Fsp3) is 0.267. The summed E-state index contributed by atoms with van der Waals surface area (Å²) in [6.45, 7) is 2.15. The highest BCUT2D eigenvalue weighted by Crippen LogP contribution is 2.04. The summed E-state index contributed by atoms with van der Waals surface area (Å²) < 4.78 is 2.37. The van der Waals surface area contributed by atoms with Gasteiger partial charge in [-0.15, -0.1) is 0 Å². The molecular weight excluding hydrogens is 270 g/mol. The molecule has 6 nitrogen and oxygen atoms in total. The Balaban J connectivity index is 2.19. The van der Waals surface area contributed by atoms with Gasteiger partial charge in [-0.25, -0.2) is 4.79 Å². The standard InChI is InChI=1S/C15H17N3O3/c1-2-9-17-10-8-14(20)18(15(17)21)11-13(19)16-12-6-4-3-5-7-12/h3-8,10H,2,9,11H2,1H3,(H,16,19). The highest BCUT2D eigenvalue weighted by atomic mass is 16.2. The summed E-state index contributed by atoms with van der Waals surface area (Å²) >= 11 is 0. The van der Waals surface area contributed by atoms with E-state index in [-0.39, 0.29) is 6.54 Å². The number of amides is 1. The number of hydrogen-bond donors (Lipinski definition) is 1. The van der Waals surface area contributed by atoms with Gasteiger partial charge in [0.2, 0.25) is 5.91 Å². The third kappa shape index (κ3) is 3.68. The molecule has 1 amide bonds. The van der Waals surface area contributed by atoms with Crippen LogP contribution in [0.3, 0.4) is 0 Å². The van der Waals surface area contributed by atoms with Gasteiger partial charge in [0.05, 0.1) is 0 Å². The summed E-state index contributed by atoms with van der Waals surface area (Å²) in [5.41, 5.74) is -0.316. The molecule has 0 unspecified atom stereocenters. The molecular formula is C15H17N3O3. The summed E-state index contributed by atoms with van der Waals surface area (Å²) in [5, 5.41) is 2.65. The Bertz CT molecular complexity index is 732. The molecule has 6 heteroatoms. The minimum atomic E-state index is -0.476. The summed E-state index contributed by atoms with van der Waals surface area (Å²) in [4.78, 5) is 35.8. The van der Waals surface area contributed by atoms with Crippen LogP contribution in [0.1, 0.15) is 13.3 Å². The normalized spacial score (nSPS) is 10.3. The Morgan fingerprint density at radius 3 is 2.52 bits per heavy atom. The second kappa shape index (κ2) is 6.69. The number of aromatic nitrogens is 2. The third-order valence-corrected chi connectivity index (χ3v) is 2.96. The molecule has 0 saturated carbocycles. The first-order valence-corrected chi connectivity index (χ1v) is 6.77. The van der Waals surface area contributed by atoms with Crippen LogP contribution < -0.4 is 16.6 Å². The quantitative estimate of drug-likeness (QED) is 0.893. The molecule has 1 N–H and O–H groups in total. The Morgan fingerprint density at radius 1 is 1.14 bits per heavy atom.